The average Bonchev–Trinajstić information content (AvgIpc) is 2.75. The Hall–Kier alpha value is -1.90. The topological polar surface area (TPSA) is 36.3 Å². The van der Waals surface area contributed by atoms with Gasteiger partial charge in [-0.2, -0.15) is 5.10 Å². The summed E-state index contributed by atoms with van der Waals surface area (Å²) in [6.45, 7) is 3.98. The first-order chi connectivity index (χ1) is 10.5. The largest absolute Gasteiger partial charge is 0.489 e. The Kier molecular flexibility index (Phi) is 5.17. The zero-order valence-corrected chi connectivity index (χ0v) is 13.5. The van der Waals surface area contributed by atoms with E-state index < -0.39 is 5.82 Å². The summed E-state index contributed by atoms with van der Waals surface area (Å²) < 4.78 is 26.1. The van der Waals surface area contributed by atoms with Crippen molar-refractivity contribution in [1.82, 2.24) is 9.78 Å². The maximum Gasteiger partial charge on any atom is 0.179 e. The van der Waals surface area contributed by atoms with E-state index in [4.69, 9.17) is 39.1 Å². The van der Waals surface area contributed by atoms with E-state index in [1.54, 1.807) is 6.92 Å². The lowest BCUT2D eigenvalue weighted by Crippen LogP contribution is -2.03. The van der Waals surface area contributed by atoms with Crippen molar-refractivity contribution < 1.29 is 13.9 Å². The van der Waals surface area contributed by atoms with Crippen molar-refractivity contribution in [2.45, 2.75) is 13.8 Å². The van der Waals surface area contributed by atoms with E-state index >= 15 is 0 Å². The van der Waals surface area contributed by atoms with Crippen LogP contribution >= 0.6 is 23.2 Å². The first-order valence-corrected chi connectivity index (χ1v) is 7.18. The van der Waals surface area contributed by atoms with Gasteiger partial charge in [0, 0.05) is 6.07 Å². The summed E-state index contributed by atoms with van der Waals surface area (Å²) in [6.07, 6.45) is 5.14. The molecule has 0 N–H and O–H groups in total. The molecule has 0 fully saturated rings. The lowest BCUT2D eigenvalue weighted by Gasteiger charge is -2.10. The first kappa shape index (κ1) is 16.5. The average molecular weight is 343 g/mol. The second-order valence-corrected chi connectivity index (χ2v) is 5.04. The van der Waals surface area contributed by atoms with Gasteiger partial charge in [0.25, 0.3) is 0 Å². The summed E-state index contributed by atoms with van der Waals surface area (Å²) in [5.41, 5.74) is 0.641. The molecule has 0 unspecified atom stereocenters. The van der Waals surface area contributed by atoms with Gasteiger partial charge in [0.2, 0.25) is 0 Å². The number of hydrogen-bond acceptors (Lipinski definition) is 3. The Morgan fingerprint density at radius 3 is 2.73 bits per heavy atom. The van der Waals surface area contributed by atoms with Gasteiger partial charge in [0.15, 0.2) is 16.7 Å². The molecule has 0 radical (unpaired) electrons. The summed E-state index contributed by atoms with van der Waals surface area (Å²) >= 11 is 12.1. The molecule has 2 rings (SSSR count). The van der Waals surface area contributed by atoms with Crippen LogP contribution in [0.15, 0.2) is 12.1 Å². The number of aromatic nitrogens is 2. The van der Waals surface area contributed by atoms with E-state index in [-0.39, 0.29) is 28.2 Å². The molecule has 0 saturated carbocycles. The molecule has 0 aliphatic rings. The van der Waals surface area contributed by atoms with Gasteiger partial charge in [0.05, 0.1) is 11.6 Å². The summed E-state index contributed by atoms with van der Waals surface area (Å²) in [4.78, 5) is 0. The predicted octanol–water partition coefficient (Wildman–Crippen LogP) is 4.04. The van der Waals surface area contributed by atoms with Crippen molar-refractivity contribution in [3.05, 3.63) is 33.8 Å². The number of terminal acetylenes is 1. The number of rotatable bonds is 5. The van der Waals surface area contributed by atoms with E-state index in [9.17, 15) is 4.39 Å². The van der Waals surface area contributed by atoms with Crippen LogP contribution in [0.1, 0.15) is 12.6 Å². The van der Waals surface area contributed by atoms with Crippen molar-refractivity contribution in [3.63, 3.8) is 0 Å². The highest BCUT2D eigenvalue weighted by Crippen LogP contribution is 2.35. The minimum atomic E-state index is -0.592. The van der Waals surface area contributed by atoms with Crippen LogP contribution in [0.3, 0.4) is 0 Å². The van der Waals surface area contributed by atoms with Crippen LogP contribution in [0.4, 0.5) is 4.39 Å². The predicted molar refractivity (Wildman–Crippen MR) is 83.8 cm³/mol. The molecule has 0 spiro atoms. The molecule has 0 saturated heterocycles. The standard InChI is InChI=1S/C15H13Cl2FN2O2/c1-4-6-22-13-8-12(11(18)7-10(13)16)20-15(17)14(21-5-2)9(3)19-20/h1,7-8H,5-6H2,2-3H3. The SMILES string of the molecule is C#CCOc1cc(-n2nc(C)c(OCC)c2Cl)c(F)cc1Cl. The molecular formula is C15H13Cl2FN2O2. The third-order valence-electron chi connectivity index (χ3n) is 2.78. The van der Waals surface area contributed by atoms with Crippen LogP contribution < -0.4 is 9.47 Å². The fourth-order valence-corrected chi connectivity index (χ4v) is 2.39. The van der Waals surface area contributed by atoms with Gasteiger partial charge in [-0.25, -0.2) is 9.07 Å². The second-order valence-electron chi connectivity index (χ2n) is 4.28. The van der Waals surface area contributed by atoms with Crippen LogP contribution in [-0.2, 0) is 0 Å². The number of hydrogen-bond donors (Lipinski definition) is 0. The number of benzene rings is 1. The quantitative estimate of drug-likeness (QED) is 0.769. The van der Waals surface area contributed by atoms with E-state index in [2.05, 4.69) is 11.0 Å². The number of ether oxygens (including phenoxy) is 2. The highest BCUT2D eigenvalue weighted by Gasteiger charge is 2.20. The third kappa shape index (κ3) is 3.13. The molecule has 7 heteroatoms. The molecule has 0 bridgehead atoms. The van der Waals surface area contributed by atoms with Gasteiger partial charge in [-0.15, -0.1) is 6.42 Å². The maximum absolute atomic E-state index is 14.2. The van der Waals surface area contributed by atoms with Crippen molar-refractivity contribution >= 4 is 23.2 Å². The molecule has 1 aromatic heterocycles. The van der Waals surface area contributed by atoms with E-state index in [0.29, 0.717) is 18.1 Å². The molecular weight excluding hydrogens is 330 g/mol. The Bertz CT molecular complexity index is 738. The lowest BCUT2D eigenvalue weighted by molar-refractivity contribution is 0.338. The van der Waals surface area contributed by atoms with Crippen LogP contribution in [0, 0.1) is 25.1 Å². The summed E-state index contributed by atoms with van der Waals surface area (Å²) in [5, 5.41) is 4.47. The normalized spacial score (nSPS) is 10.4. The molecule has 22 heavy (non-hydrogen) atoms. The van der Waals surface area contributed by atoms with Gasteiger partial charge in [-0.1, -0.05) is 29.1 Å². The minimum absolute atomic E-state index is 0.0147. The molecule has 0 amide bonds. The van der Waals surface area contributed by atoms with Gasteiger partial charge in [-0.3, -0.25) is 0 Å². The molecule has 0 atom stereocenters. The summed E-state index contributed by atoms with van der Waals surface area (Å²) in [5.74, 6) is 2.38. The Morgan fingerprint density at radius 1 is 1.36 bits per heavy atom. The van der Waals surface area contributed by atoms with Gasteiger partial charge < -0.3 is 9.47 Å². The molecule has 0 aliphatic carbocycles. The van der Waals surface area contributed by atoms with E-state index in [1.807, 2.05) is 6.92 Å². The Balaban J connectivity index is 2.53. The lowest BCUT2D eigenvalue weighted by atomic mass is 10.3. The van der Waals surface area contributed by atoms with Crippen molar-refractivity contribution in [2.24, 2.45) is 0 Å². The van der Waals surface area contributed by atoms with Crippen molar-refractivity contribution in [3.8, 4) is 29.5 Å². The fourth-order valence-electron chi connectivity index (χ4n) is 1.86. The monoisotopic (exact) mass is 342 g/mol. The maximum atomic E-state index is 14.2. The van der Waals surface area contributed by atoms with E-state index in [0.717, 1.165) is 6.07 Å². The zero-order chi connectivity index (χ0) is 16.3. The smallest absolute Gasteiger partial charge is 0.179 e. The molecule has 4 nitrogen and oxygen atoms in total. The zero-order valence-electron chi connectivity index (χ0n) is 12.0. The van der Waals surface area contributed by atoms with Crippen LogP contribution in [0.25, 0.3) is 5.69 Å². The molecule has 116 valence electrons. The second kappa shape index (κ2) is 6.91. The van der Waals surface area contributed by atoms with Crippen molar-refractivity contribution in [1.29, 1.82) is 0 Å². The van der Waals surface area contributed by atoms with Crippen LogP contribution in [0.5, 0.6) is 11.5 Å². The van der Waals surface area contributed by atoms with Crippen molar-refractivity contribution in [2.75, 3.05) is 13.2 Å². The number of halogens is 3. The highest BCUT2D eigenvalue weighted by atomic mass is 35.5. The minimum Gasteiger partial charge on any atom is -0.489 e. The Labute approximate surface area is 137 Å². The van der Waals surface area contributed by atoms with Crippen LogP contribution in [0.2, 0.25) is 10.2 Å². The third-order valence-corrected chi connectivity index (χ3v) is 3.41. The molecule has 0 aliphatic heterocycles. The highest BCUT2D eigenvalue weighted by molar-refractivity contribution is 6.32. The molecule has 1 aromatic carbocycles. The van der Waals surface area contributed by atoms with E-state index in [1.165, 1.54) is 10.7 Å². The van der Waals surface area contributed by atoms with Crippen LogP contribution in [-0.4, -0.2) is 23.0 Å². The number of nitrogens with zero attached hydrogens (tertiary/aromatic N) is 2. The van der Waals surface area contributed by atoms with Gasteiger partial charge >= 0.3 is 0 Å². The van der Waals surface area contributed by atoms with Gasteiger partial charge in [0.1, 0.15) is 23.7 Å². The first-order valence-electron chi connectivity index (χ1n) is 6.43. The molecule has 2 aromatic rings. The Morgan fingerprint density at radius 2 is 2.09 bits per heavy atom. The summed E-state index contributed by atoms with van der Waals surface area (Å²) in [6, 6.07) is 2.51. The van der Waals surface area contributed by atoms with Gasteiger partial charge in [-0.05, 0) is 19.9 Å². The number of aryl methyl sites for hydroxylation is 1. The fraction of sp³-hybridized carbons (Fsp3) is 0.267. The molecule has 1 heterocycles. The summed E-state index contributed by atoms with van der Waals surface area (Å²) in [7, 11) is 0.